The average Bonchev–Trinajstić information content (AvgIpc) is 3.23. The zero-order valence-electron chi connectivity index (χ0n) is 12.8. The molecule has 0 spiro atoms. The maximum atomic E-state index is 11.4. The van der Waals surface area contributed by atoms with E-state index in [1.54, 1.807) is 18.6 Å². The van der Waals surface area contributed by atoms with Gasteiger partial charge in [0.05, 0.1) is 17.1 Å². The Morgan fingerprint density at radius 2 is 2.38 bits per heavy atom. The third-order valence-corrected chi connectivity index (χ3v) is 4.16. The zero-order chi connectivity index (χ0) is 16.7. The number of amides is 1. The maximum absolute atomic E-state index is 11.4. The van der Waals surface area contributed by atoms with Crippen molar-refractivity contribution in [3.05, 3.63) is 23.6 Å². The second kappa shape index (κ2) is 5.75. The minimum absolute atomic E-state index is 0.191. The highest BCUT2D eigenvalue weighted by Crippen LogP contribution is 2.27. The van der Waals surface area contributed by atoms with E-state index in [1.807, 2.05) is 9.30 Å². The molecule has 3 aromatic rings. The van der Waals surface area contributed by atoms with Crippen molar-refractivity contribution < 1.29 is 9.53 Å². The molecule has 1 amide bonds. The van der Waals surface area contributed by atoms with Gasteiger partial charge in [0.15, 0.2) is 11.5 Å². The van der Waals surface area contributed by atoms with Gasteiger partial charge in [0.25, 0.3) is 0 Å². The molecule has 24 heavy (non-hydrogen) atoms. The van der Waals surface area contributed by atoms with Crippen LogP contribution in [0.25, 0.3) is 16.8 Å². The Morgan fingerprint density at radius 1 is 1.50 bits per heavy atom. The van der Waals surface area contributed by atoms with E-state index in [2.05, 4.69) is 25.5 Å². The Bertz CT molecular complexity index is 928. The largest absolute Gasteiger partial charge is 0.444 e. The van der Waals surface area contributed by atoms with E-state index in [0.29, 0.717) is 35.2 Å². The lowest BCUT2D eigenvalue weighted by atomic mass is 10.3. The molecule has 4 heterocycles. The number of alkyl carbamates (subject to hydrolysis) is 1. The van der Waals surface area contributed by atoms with Crippen molar-refractivity contribution in [3.8, 4) is 0 Å². The lowest BCUT2D eigenvalue weighted by Crippen LogP contribution is -2.29. The topological polar surface area (TPSA) is 97.5 Å². The predicted octanol–water partition coefficient (Wildman–Crippen LogP) is 1.26. The fourth-order valence-electron chi connectivity index (χ4n) is 2.84. The number of pyridine rings is 1. The van der Waals surface area contributed by atoms with Gasteiger partial charge in [0, 0.05) is 26.2 Å². The molecular formula is C14H14ClN7O2. The molecule has 0 radical (unpaired) electrons. The Labute approximate surface area is 141 Å². The average molecular weight is 348 g/mol. The summed E-state index contributed by atoms with van der Waals surface area (Å²) < 4.78 is 7.12. The van der Waals surface area contributed by atoms with Crippen molar-refractivity contribution in [2.24, 2.45) is 0 Å². The number of carbonyl (C=O) groups excluding carboxylic acids is 1. The van der Waals surface area contributed by atoms with Gasteiger partial charge in [0.1, 0.15) is 12.4 Å². The molecule has 0 saturated carbocycles. The van der Waals surface area contributed by atoms with Crippen molar-refractivity contribution in [2.75, 3.05) is 25.0 Å². The third-order valence-electron chi connectivity index (χ3n) is 3.96. The van der Waals surface area contributed by atoms with Gasteiger partial charge in [-0.1, -0.05) is 11.6 Å². The van der Waals surface area contributed by atoms with Gasteiger partial charge >= 0.3 is 6.09 Å². The molecule has 1 saturated heterocycles. The van der Waals surface area contributed by atoms with Crippen LogP contribution >= 0.6 is 11.6 Å². The van der Waals surface area contributed by atoms with E-state index < -0.39 is 6.09 Å². The molecule has 0 bridgehead atoms. The molecule has 1 aliphatic heterocycles. The van der Waals surface area contributed by atoms with Gasteiger partial charge in [-0.2, -0.15) is 0 Å². The number of rotatable bonds is 2. The van der Waals surface area contributed by atoms with Crippen LogP contribution in [0.4, 0.5) is 10.6 Å². The van der Waals surface area contributed by atoms with E-state index in [4.69, 9.17) is 16.3 Å². The van der Waals surface area contributed by atoms with E-state index >= 15 is 0 Å². The standard InChI is InChI=1S/C14H14ClN7O2/c1-16-14(23)24-9-2-3-21(6-9)12-13-20-18-7-22(13)10-4-8(15)5-17-11(10)19-12/h4-5,7,9H,2-3,6H2,1H3,(H,16,23). The number of ether oxygens (including phenoxy) is 1. The van der Waals surface area contributed by atoms with Gasteiger partial charge in [-0.3, -0.25) is 4.40 Å². The van der Waals surface area contributed by atoms with Crippen molar-refractivity contribution in [3.63, 3.8) is 0 Å². The SMILES string of the molecule is CNC(=O)OC1CCN(c2nc3ncc(Cl)cc3n3cnnc23)C1. The summed E-state index contributed by atoms with van der Waals surface area (Å²) in [6, 6.07) is 1.78. The maximum Gasteiger partial charge on any atom is 0.407 e. The summed E-state index contributed by atoms with van der Waals surface area (Å²) in [6.45, 7) is 1.25. The minimum Gasteiger partial charge on any atom is -0.444 e. The lowest BCUT2D eigenvalue weighted by Gasteiger charge is -2.18. The van der Waals surface area contributed by atoms with Crippen LogP contribution in [0.3, 0.4) is 0 Å². The number of nitrogens with zero attached hydrogens (tertiary/aromatic N) is 6. The van der Waals surface area contributed by atoms with Crippen LogP contribution < -0.4 is 10.2 Å². The minimum atomic E-state index is -0.433. The van der Waals surface area contributed by atoms with Crippen LogP contribution in [0.1, 0.15) is 6.42 Å². The molecule has 1 aliphatic rings. The summed E-state index contributed by atoms with van der Waals surface area (Å²) in [6.07, 6.45) is 3.26. The molecule has 3 aromatic heterocycles. The molecule has 10 heteroatoms. The van der Waals surface area contributed by atoms with E-state index in [1.165, 1.54) is 7.05 Å². The van der Waals surface area contributed by atoms with Crippen molar-refractivity contribution in [1.82, 2.24) is 29.9 Å². The molecule has 4 rings (SSSR count). The summed E-state index contributed by atoms with van der Waals surface area (Å²) in [4.78, 5) is 22.3. The smallest absolute Gasteiger partial charge is 0.407 e. The molecule has 0 aromatic carbocycles. The Balaban J connectivity index is 1.73. The molecule has 1 fully saturated rings. The number of halogens is 1. The zero-order valence-corrected chi connectivity index (χ0v) is 13.6. The highest BCUT2D eigenvalue weighted by molar-refractivity contribution is 6.31. The predicted molar refractivity (Wildman–Crippen MR) is 87.3 cm³/mol. The molecule has 1 unspecified atom stereocenters. The normalized spacial score (nSPS) is 17.6. The second-order valence-electron chi connectivity index (χ2n) is 5.47. The highest BCUT2D eigenvalue weighted by atomic mass is 35.5. The quantitative estimate of drug-likeness (QED) is 0.745. The van der Waals surface area contributed by atoms with Crippen LogP contribution in [-0.2, 0) is 4.74 Å². The van der Waals surface area contributed by atoms with Crippen LogP contribution in [-0.4, -0.2) is 56.9 Å². The summed E-state index contributed by atoms with van der Waals surface area (Å²) in [5.74, 6) is 0.665. The van der Waals surface area contributed by atoms with Crippen molar-refractivity contribution in [2.45, 2.75) is 12.5 Å². The molecule has 1 N–H and O–H groups in total. The summed E-state index contributed by atoms with van der Waals surface area (Å²) in [7, 11) is 1.54. The molecule has 9 nitrogen and oxygen atoms in total. The summed E-state index contributed by atoms with van der Waals surface area (Å²) >= 11 is 6.03. The number of nitrogens with one attached hydrogen (secondary N) is 1. The lowest BCUT2D eigenvalue weighted by molar-refractivity contribution is 0.110. The molecule has 0 aliphatic carbocycles. The number of fused-ring (bicyclic) bond motifs is 3. The van der Waals surface area contributed by atoms with E-state index in [-0.39, 0.29) is 6.10 Å². The van der Waals surface area contributed by atoms with Gasteiger partial charge < -0.3 is 15.0 Å². The Morgan fingerprint density at radius 3 is 3.21 bits per heavy atom. The number of hydrogen-bond acceptors (Lipinski definition) is 7. The molecule has 124 valence electrons. The number of aromatic nitrogens is 5. The number of hydrogen-bond donors (Lipinski definition) is 1. The van der Waals surface area contributed by atoms with Gasteiger partial charge in [-0.15, -0.1) is 10.2 Å². The second-order valence-corrected chi connectivity index (χ2v) is 5.90. The first-order valence-corrected chi connectivity index (χ1v) is 7.82. The monoisotopic (exact) mass is 347 g/mol. The van der Waals surface area contributed by atoms with Crippen LogP contribution in [0.2, 0.25) is 5.02 Å². The summed E-state index contributed by atoms with van der Waals surface area (Å²) in [5.41, 5.74) is 1.91. The fourth-order valence-corrected chi connectivity index (χ4v) is 2.99. The molecular weight excluding hydrogens is 334 g/mol. The fraction of sp³-hybridized carbons (Fsp3) is 0.357. The third kappa shape index (κ3) is 2.46. The van der Waals surface area contributed by atoms with Gasteiger partial charge in [0.2, 0.25) is 5.65 Å². The van der Waals surface area contributed by atoms with Gasteiger partial charge in [-0.25, -0.2) is 14.8 Å². The Kier molecular flexibility index (Phi) is 3.57. The highest BCUT2D eigenvalue weighted by Gasteiger charge is 2.28. The summed E-state index contributed by atoms with van der Waals surface area (Å²) in [5, 5.41) is 11.1. The van der Waals surface area contributed by atoms with Gasteiger partial charge in [-0.05, 0) is 6.07 Å². The van der Waals surface area contributed by atoms with Crippen molar-refractivity contribution in [1.29, 1.82) is 0 Å². The Hall–Kier alpha value is -2.68. The first-order chi connectivity index (χ1) is 11.7. The van der Waals surface area contributed by atoms with E-state index in [9.17, 15) is 4.79 Å². The van der Waals surface area contributed by atoms with Crippen LogP contribution in [0.15, 0.2) is 18.6 Å². The first-order valence-electron chi connectivity index (χ1n) is 7.44. The van der Waals surface area contributed by atoms with Crippen LogP contribution in [0, 0.1) is 0 Å². The first kappa shape index (κ1) is 14.9. The van der Waals surface area contributed by atoms with Crippen molar-refractivity contribution >= 4 is 40.3 Å². The number of anilines is 1. The van der Waals surface area contributed by atoms with E-state index in [0.717, 1.165) is 11.9 Å². The number of carbonyl (C=O) groups is 1. The molecule has 1 atom stereocenters. The van der Waals surface area contributed by atoms with Crippen LogP contribution in [0.5, 0.6) is 0 Å².